The Hall–Kier alpha value is -0.790. The Balaban J connectivity index is 3.14. The molecule has 0 heterocycles. The zero-order valence-electron chi connectivity index (χ0n) is 6.00. The molecule has 9 heavy (non-hydrogen) atoms. The van der Waals surface area contributed by atoms with Crippen LogP contribution in [0.25, 0.3) is 0 Å². The van der Waals surface area contributed by atoms with Crippen LogP contribution in [-0.4, -0.2) is 12.8 Å². The summed E-state index contributed by atoms with van der Waals surface area (Å²) in [6.07, 6.45) is 3.42. The third-order valence-electron chi connectivity index (χ3n) is 0.626. The van der Waals surface area contributed by atoms with Gasteiger partial charge in [0.1, 0.15) is 6.61 Å². The van der Waals surface area contributed by atoms with Gasteiger partial charge in [-0.15, -0.1) is 0 Å². The van der Waals surface area contributed by atoms with Crippen LogP contribution in [0.3, 0.4) is 0 Å². The van der Waals surface area contributed by atoms with Crippen molar-refractivity contribution in [1.82, 2.24) is 0 Å². The summed E-state index contributed by atoms with van der Waals surface area (Å²) in [5, 5.41) is 3.66. The lowest BCUT2D eigenvalue weighted by atomic mass is 10.3. The van der Waals surface area contributed by atoms with E-state index >= 15 is 0 Å². The summed E-state index contributed by atoms with van der Waals surface area (Å²) >= 11 is 0. The average Bonchev–Trinajstić information content (AvgIpc) is 1.80. The lowest BCUT2D eigenvalue weighted by Crippen LogP contribution is -1.89. The van der Waals surface area contributed by atoms with Gasteiger partial charge in [0.2, 0.25) is 0 Å². The Morgan fingerprint density at radius 2 is 2.33 bits per heavy atom. The van der Waals surface area contributed by atoms with Crippen LogP contribution in [0.4, 0.5) is 0 Å². The highest BCUT2D eigenvalue weighted by Crippen LogP contribution is 1.85. The molecule has 0 aliphatic heterocycles. The number of hydrogen-bond acceptors (Lipinski definition) is 2. The van der Waals surface area contributed by atoms with Gasteiger partial charge in [-0.05, 0) is 5.92 Å². The van der Waals surface area contributed by atoms with Crippen LogP contribution in [0.15, 0.2) is 17.8 Å². The van der Waals surface area contributed by atoms with Gasteiger partial charge in [0.25, 0.3) is 0 Å². The third-order valence-corrected chi connectivity index (χ3v) is 0.626. The Bertz CT molecular complexity index is 97.1. The van der Waals surface area contributed by atoms with Gasteiger partial charge in [0.05, 0.1) is 0 Å². The molecule has 0 bridgehead atoms. The predicted molar refractivity (Wildman–Crippen MR) is 39.5 cm³/mol. The van der Waals surface area contributed by atoms with Gasteiger partial charge in [0, 0.05) is 6.21 Å². The summed E-state index contributed by atoms with van der Waals surface area (Å²) in [6.45, 7) is 8.05. The molecule has 2 heteroatoms. The molecule has 0 fully saturated rings. The zero-order chi connectivity index (χ0) is 7.11. The van der Waals surface area contributed by atoms with E-state index in [1.54, 1.807) is 12.3 Å². The van der Waals surface area contributed by atoms with Crippen LogP contribution in [0.1, 0.15) is 13.8 Å². The van der Waals surface area contributed by atoms with Crippen LogP contribution in [-0.2, 0) is 4.84 Å². The van der Waals surface area contributed by atoms with Crippen molar-refractivity contribution in [2.45, 2.75) is 13.8 Å². The van der Waals surface area contributed by atoms with E-state index in [1.807, 2.05) is 13.8 Å². The minimum Gasteiger partial charge on any atom is -0.392 e. The number of rotatable bonds is 4. The van der Waals surface area contributed by atoms with Crippen LogP contribution in [0, 0.1) is 5.92 Å². The van der Waals surface area contributed by atoms with Crippen LogP contribution in [0.5, 0.6) is 0 Å². The molecular formula is C7H13NO. The lowest BCUT2D eigenvalue weighted by molar-refractivity contribution is 0.175. The molecule has 0 N–H and O–H groups in total. The quantitative estimate of drug-likeness (QED) is 0.244. The Labute approximate surface area is 56.2 Å². The maximum atomic E-state index is 4.74. The van der Waals surface area contributed by atoms with Crippen LogP contribution >= 0.6 is 0 Å². The fraction of sp³-hybridized carbons (Fsp3) is 0.571. The van der Waals surface area contributed by atoms with E-state index in [0.29, 0.717) is 12.5 Å². The molecule has 0 radical (unpaired) electrons. The Morgan fingerprint density at radius 3 is 2.78 bits per heavy atom. The first kappa shape index (κ1) is 8.21. The van der Waals surface area contributed by atoms with E-state index in [2.05, 4.69) is 11.7 Å². The summed E-state index contributed by atoms with van der Waals surface area (Å²) in [6, 6.07) is 0. The monoisotopic (exact) mass is 127 g/mol. The maximum Gasteiger partial charge on any atom is 0.135 e. The van der Waals surface area contributed by atoms with E-state index in [4.69, 9.17) is 4.84 Å². The largest absolute Gasteiger partial charge is 0.392 e. The van der Waals surface area contributed by atoms with Gasteiger partial charge >= 0.3 is 0 Å². The van der Waals surface area contributed by atoms with Crippen molar-refractivity contribution >= 4 is 6.21 Å². The molecule has 52 valence electrons. The van der Waals surface area contributed by atoms with E-state index in [-0.39, 0.29) is 0 Å². The van der Waals surface area contributed by atoms with E-state index in [1.165, 1.54) is 0 Å². The molecule has 0 aromatic carbocycles. The van der Waals surface area contributed by atoms with Crippen molar-refractivity contribution in [2.75, 3.05) is 6.61 Å². The second-order valence-corrected chi connectivity index (χ2v) is 2.08. The van der Waals surface area contributed by atoms with Crippen LogP contribution in [0.2, 0.25) is 0 Å². The maximum absolute atomic E-state index is 4.74. The first-order chi connectivity index (χ1) is 4.27. The molecule has 0 rings (SSSR count). The molecular weight excluding hydrogens is 114 g/mol. The van der Waals surface area contributed by atoms with Gasteiger partial charge in [-0.25, -0.2) is 0 Å². The molecule has 2 nitrogen and oxygen atoms in total. The Morgan fingerprint density at radius 1 is 1.67 bits per heavy atom. The minimum atomic E-state index is 0.454. The molecule has 0 atom stereocenters. The molecule has 0 aliphatic rings. The second-order valence-electron chi connectivity index (χ2n) is 2.08. The van der Waals surface area contributed by atoms with Crippen molar-refractivity contribution < 1.29 is 4.84 Å². The highest BCUT2D eigenvalue weighted by molar-refractivity contribution is 5.58. The van der Waals surface area contributed by atoms with Gasteiger partial charge in [-0.1, -0.05) is 31.7 Å². The number of oxime groups is 1. The van der Waals surface area contributed by atoms with Crippen molar-refractivity contribution in [3.63, 3.8) is 0 Å². The molecule has 0 spiro atoms. The summed E-state index contributed by atoms with van der Waals surface area (Å²) in [4.78, 5) is 4.74. The number of nitrogens with zero attached hydrogens (tertiary/aromatic N) is 1. The van der Waals surface area contributed by atoms with E-state index in [0.717, 1.165) is 0 Å². The average molecular weight is 127 g/mol. The highest BCUT2D eigenvalue weighted by Gasteiger charge is 1.82. The van der Waals surface area contributed by atoms with E-state index in [9.17, 15) is 0 Å². The first-order valence-electron chi connectivity index (χ1n) is 3.03. The summed E-state index contributed by atoms with van der Waals surface area (Å²) in [7, 11) is 0. The molecule has 0 aromatic heterocycles. The third kappa shape index (κ3) is 7.21. The fourth-order valence-electron chi connectivity index (χ4n) is 0.260. The van der Waals surface area contributed by atoms with Crippen molar-refractivity contribution in [1.29, 1.82) is 0 Å². The minimum absolute atomic E-state index is 0.454. The van der Waals surface area contributed by atoms with Gasteiger partial charge in [-0.2, -0.15) is 0 Å². The topological polar surface area (TPSA) is 21.6 Å². The van der Waals surface area contributed by atoms with Gasteiger partial charge < -0.3 is 4.84 Å². The van der Waals surface area contributed by atoms with Crippen molar-refractivity contribution in [3.05, 3.63) is 12.7 Å². The lowest BCUT2D eigenvalue weighted by Gasteiger charge is -1.92. The summed E-state index contributed by atoms with van der Waals surface area (Å²) < 4.78 is 0. The normalized spacial score (nSPS) is 10.6. The predicted octanol–water partition coefficient (Wildman–Crippen LogP) is 1.83. The first-order valence-corrected chi connectivity index (χ1v) is 3.03. The SMILES string of the molecule is C=CCO/N=C/C(C)C. The van der Waals surface area contributed by atoms with Gasteiger partial charge in [-0.3, -0.25) is 0 Å². The smallest absolute Gasteiger partial charge is 0.135 e. The van der Waals surface area contributed by atoms with E-state index < -0.39 is 0 Å². The van der Waals surface area contributed by atoms with Gasteiger partial charge in [0.15, 0.2) is 0 Å². The second kappa shape index (κ2) is 5.35. The van der Waals surface area contributed by atoms with Crippen molar-refractivity contribution in [3.8, 4) is 0 Å². The molecule has 0 unspecified atom stereocenters. The van der Waals surface area contributed by atoms with Crippen molar-refractivity contribution in [2.24, 2.45) is 11.1 Å². The molecule has 0 saturated carbocycles. The fourth-order valence-corrected chi connectivity index (χ4v) is 0.260. The highest BCUT2D eigenvalue weighted by atomic mass is 16.6. The Kier molecular flexibility index (Phi) is 4.88. The molecule has 0 saturated heterocycles. The molecule has 0 amide bonds. The number of hydrogen-bond donors (Lipinski definition) is 0. The molecule has 0 aromatic rings. The summed E-state index contributed by atoms with van der Waals surface area (Å²) in [5.41, 5.74) is 0. The standard InChI is InChI=1S/C7H13NO/c1-4-5-9-8-6-7(2)3/h4,6-7H,1,5H2,2-3H3/b8-6+. The molecule has 0 aliphatic carbocycles. The summed E-state index contributed by atoms with van der Waals surface area (Å²) in [5.74, 6) is 0.454. The zero-order valence-corrected chi connectivity index (χ0v) is 6.00. The van der Waals surface area contributed by atoms with Crippen LogP contribution < -0.4 is 0 Å².